The number of methoxy groups -OCH3 is 1. The molecular formula is C22H25N5O4. The summed E-state index contributed by atoms with van der Waals surface area (Å²) in [4.78, 5) is 24.8. The van der Waals surface area contributed by atoms with Gasteiger partial charge in [0.25, 0.3) is 5.91 Å². The van der Waals surface area contributed by atoms with Crippen molar-refractivity contribution < 1.29 is 19.1 Å². The normalized spacial score (nSPS) is 10.5. The largest absolute Gasteiger partial charge is 0.480 e. The zero-order chi connectivity index (χ0) is 22.2. The SMILES string of the molecule is CCCCOC(=O)c1ccc(NC(=O)c2cnn(-c3ccc(OC)nn3)c2CC)cc1. The summed E-state index contributed by atoms with van der Waals surface area (Å²) in [7, 11) is 1.51. The van der Waals surface area contributed by atoms with Gasteiger partial charge in [-0.1, -0.05) is 20.3 Å². The Morgan fingerprint density at radius 1 is 1.06 bits per heavy atom. The number of hydrogen-bond donors (Lipinski definition) is 1. The fraction of sp³-hybridized carbons (Fsp3) is 0.318. The summed E-state index contributed by atoms with van der Waals surface area (Å²) in [5.74, 6) is 0.205. The van der Waals surface area contributed by atoms with Crippen LogP contribution in [0.2, 0.25) is 0 Å². The minimum absolute atomic E-state index is 0.303. The minimum Gasteiger partial charge on any atom is -0.480 e. The van der Waals surface area contributed by atoms with Crippen molar-refractivity contribution in [1.29, 1.82) is 0 Å². The number of unbranched alkanes of at least 4 members (excludes halogenated alkanes) is 1. The molecule has 0 aliphatic heterocycles. The van der Waals surface area contributed by atoms with Crippen molar-refractivity contribution in [3.05, 3.63) is 59.4 Å². The van der Waals surface area contributed by atoms with Crippen LogP contribution in [-0.2, 0) is 11.2 Å². The first kappa shape index (κ1) is 21.9. The number of aromatic nitrogens is 4. The van der Waals surface area contributed by atoms with Crippen molar-refractivity contribution in [2.75, 3.05) is 19.0 Å². The van der Waals surface area contributed by atoms with Gasteiger partial charge in [-0.05, 0) is 43.2 Å². The number of esters is 1. The Bertz CT molecular complexity index is 1030. The van der Waals surface area contributed by atoms with Crippen LogP contribution in [0.5, 0.6) is 5.88 Å². The molecule has 0 saturated heterocycles. The van der Waals surface area contributed by atoms with Crippen LogP contribution in [0.1, 0.15) is 53.1 Å². The average Bonchev–Trinajstić information content (AvgIpc) is 3.24. The van der Waals surface area contributed by atoms with Crippen molar-refractivity contribution in [3.8, 4) is 11.7 Å². The highest BCUT2D eigenvalue weighted by atomic mass is 16.5. The number of ether oxygens (including phenoxy) is 2. The molecule has 3 rings (SSSR count). The van der Waals surface area contributed by atoms with Crippen molar-refractivity contribution in [1.82, 2.24) is 20.0 Å². The van der Waals surface area contributed by atoms with Crippen LogP contribution in [0, 0.1) is 0 Å². The third-order valence-corrected chi connectivity index (χ3v) is 4.61. The molecule has 0 saturated carbocycles. The van der Waals surface area contributed by atoms with Gasteiger partial charge in [-0.3, -0.25) is 4.79 Å². The van der Waals surface area contributed by atoms with Crippen LogP contribution in [0.4, 0.5) is 5.69 Å². The zero-order valence-electron chi connectivity index (χ0n) is 17.8. The molecule has 31 heavy (non-hydrogen) atoms. The van der Waals surface area contributed by atoms with E-state index in [4.69, 9.17) is 9.47 Å². The minimum atomic E-state index is -0.374. The number of nitrogens with one attached hydrogen (secondary N) is 1. The van der Waals surface area contributed by atoms with Gasteiger partial charge in [-0.2, -0.15) is 5.10 Å². The molecule has 0 fully saturated rings. The molecule has 3 aromatic rings. The summed E-state index contributed by atoms with van der Waals surface area (Å²) < 4.78 is 11.8. The molecule has 1 amide bonds. The summed E-state index contributed by atoms with van der Waals surface area (Å²) in [5, 5.41) is 15.2. The highest BCUT2D eigenvalue weighted by Crippen LogP contribution is 2.18. The van der Waals surface area contributed by atoms with E-state index in [2.05, 4.69) is 20.6 Å². The third kappa shape index (κ3) is 5.25. The number of amides is 1. The van der Waals surface area contributed by atoms with E-state index in [-0.39, 0.29) is 11.9 Å². The number of rotatable bonds is 9. The van der Waals surface area contributed by atoms with Crippen LogP contribution in [0.3, 0.4) is 0 Å². The predicted octanol–water partition coefficient (Wildman–Crippen LogP) is 3.44. The predicted molar refractivity (Wildman–Crippen MR) is 115 cm³/mol. The van der Waals surface area contributed by atoms with Gasteiger partial charge in [0, 0.05) is 11.8 Å². The van der Waals surface area contributed by atoms with Crippen molar-refractivity contribution >= 4 is 17.6 Å². The molecule has 9 heteroatoms. The fourth-order valence-corrected chi connectivity index (χ4v) is 2.92. The summed E-state index contributed by atoms with van der Waals surface area (Å²) >= 11 is 0. The van der Waals surface area contributed by atoms with E-state index in [0.29, 0.717) is 47.2 Å². The number of benzene rings is 1. The van der Waals surface area contributed by atoms with E-state index in [0.717, 1.165) is 12.8 Å². The van der Waals surface area contributed by atoms with Crippen LogP contribution < -0.4 is 10.1 Å². The number of nitrogens with zero attached hydrogens (tertiary/aromatic N) is 4. The lowest BCUT2D eigenvalue weighted by molar-refractivity contribution is 0.0499. The highest BCUT2D eigenvalue weighted by molar-refractivity contribution is 6.05. The molecule has 2 aromatic heterocycles. The maximum absolute atomic E-state index is 12.8. The molecular weight excluding hydrogens is 398 g/mol. The van der Waals surface area contributed by atoms with Crippen molar-refractivity contribution in [3.63, 3.8) is 0 Å². The van der Waals surface area contributed by atoms with E-state index in [1.165, 1.54) is 13.3 Å². The van der Waals surface area contributed by atoms with Crippen molar-refractivity contribution in [2.45, 2.75) is 33.1 Å². The topological polar surface area (TPSA) is 108 Å². The summed E-state index contributed by atoms with van der Waals surface area (Å²) in [6, 6.07) is 9.98. The van der Waals surface area contributed by atoms with Gasteiger partial charge < -0.3 is 14.8 Å². The van der Waals surface area contributed by atoms with E-state index >= 15 is 0 Å². The molecule has 0 aliphatic carbocycles. The lowest BCUT2D eigenvalue weighted by atomic mass is 10.1. The Balaban J connectivity index is 1.71. The van der Waals surface area contributed by atoms with Gasteiger partial charge in [0.05, 0.1) is 36.7 Å². The molecule has 1 N–H and O–H groups in total. The quantitative estimate of drug-likeness (QED) is 0.415. The monoisotopic (exact) mass is 423 g/mol. The van der Waals surface area contributed by atoms with Crippen LogP contribution in [-0.4, -0.2) is 45.6 Å². The van der Waals surface area contributed by atoms with E-state index in [9.17, 15) is 9.59 Å². The van der Waals surface area contributed by atoms with Crippen LogP contribution in [0.25, 0.3) is 5.82 Å². The van der Waals surface area contributed by atoms with Gasteiger partial charge in [0.1, 0.15) is 0 Å². The second kappa shape index (κ2) is 10.3. The first-order chi connectivity index (χ1) is 15.1. The number of anilines is 1. The molecule has 0 bridgehead atoms. The van der Waals surface area contributed by atoms with Gasteiger partial charge in [-0.15, -0.1) is 10.2 Å². The van der Waals surface area contributed by atoms with Gasteiger partial charge >= 0.3 is 5.97 Å². The Morgan fingerprint density at radius 2 is 1.84 bits per heavy atom. The smallest absolute Gasteiger partial charge is 0.338 e. The maximum atomic E-state index is 12.8. The van der Waals surface area contributed by atoms with Crippen molar-refractivity contribution in [2.24, 2.45) is 0 Å². The van der Waals surface area contributed by atoms with Crippen LogP contribution in [0.15, 0.2) is 42.6 Å². The molecule has 0 unspecified atom stereocenters. The van der Waals surface area contributed by atoms with Gasteiger partial charge in [0.2, 0.25) is 5.88 Å². The van der Waals surface area contributed by atoms with Crippen LogP contribution >= 0.6 is 0 Å². The molecule has 0 atom stereocenters. The molecule has 1 aromatic carbocycles. The molecule has 0 radical (unpaired) electrons. The number of carbonyl (C=O) groups is 2. The molecule has 0 aliphatic rings. The second-order valence-corrected chi connectivity index (χ2v) is 6.73. The van der Waals surface area contributed by atoms with E-state index < -0.39 is 0 Å². The van der Waals surface area contributed by atoms with E-state index in [1.54, 1.807) is 41.1 Å². The maximum Gasteiger partial charge on any atom is 0.338 e. The Labute approximate surface area is 180 Å². The fourth-order valence-electron chi connectivity index (χ4n) is 2.92. The first-order valence-electron chi connectivity index (χ1n) is 10.1. The molecule has 9 nitrogen and oxygen atoms in total. The van der Waals surface area contributed by atoms with Gasteiger partial charge in [-0.25, -0.2) is 9.48 Å². The standard InChI is InChI=1S/C22H25N5O4/c1-4-6-13-31-22(29)15-7-9-16(10-8-15)24-21(28)17-14-23-27(18(17)5-2)19-11-12-20(30-3)26-25-19/h7-12,14H,4-6,13H2,1-3H3,(H,24,28). The Morgan fingerprint density at radius 3 is 2.45 bits per heavy atom. The molecule has 162 valence electrons. The second-order valence-electron chi connectivity index (χ2n) is 6.73. The first-order valence-corrected chi connectivity index (χ1v) is 10.1. The summed E-state index contributed by atoms with van der Waals surface area (Å²) in [6.45, 7) is 4.36. The average molecular weight is 423 g/mol. The summed E-state index contributed by atoms with van der Waals surface area (Å²) in [5.41, 5.74) is 2.14. The lowest BCUT2D eigenvalue weighted by Crippen LogP contribution is -2.15. The van der Waals surface area contributed by atoms with E-state index in [1.807, 2.05) is 13.8 Å². The zero-order valence-corrected chi connectivity index (χ0v) is 17.8. The molecule has 0 spiro atoms. The van der Waals surface area contributed by atoms with Gasteiger partial charge in [0.15, 0.2) is 5.82 Å². The lowest BCUT2D eigenvalue weighted by Gasteiger charge is -2.09. The molecule has 2 heterocycles. The Hall–Kier alpha value is -3.75. The Kier molecular flexibility index (Phi) is 7.31. The highest BCUT2D eigenvalue weighted by Gasteiger charge is 2.18. The summed E-state index contributed by atoms with van der Waals surface area (Å²) in [6.07, 6.45) is 3.85. The third-order valence-electron chi connectivity index (χ3n) is 4.61. The number of hydrogen-bond acceptors (Lipinski definition) is 7. The number of carbonyl (C=O) groups excluding carboxylic acids is 2.